The van der Waals surface area contributed by atoms with E-state index in [1.165, 1.54) is 13.2 Å². The second kappa shape index (κ2) is 4.60. The highest BCUT2D eigenvalue weighted by Crippen LogP contribution is 2.31. The van der Waals surface area contributed by atoms with E-state index in [-0.39, 0.29) is 17.5 Å². The van der Waals surface area contributed by atoms with Gasteiger partial charge in [0.25, 0.3) is 11.8 Å². The minimum absolute atomic E-state index is 0.119. The molecule has 7 nitrogen and oxygen atoms in total. The number of amides is 1. The van der Waals surface area contributed by atoms with Gasteiger partial charge in [-0.25, -0.2) is 0 Å². The Hall–Kier alpha value is -2.57. The molecule has 1 amide bonds. The maximum atomic E-state index is 12.3. The summed E-state index contributed by atoms with van der Waals surface area (Å²) in [5, 5.41) is 3.61. The van der Waals surface area contributed by atoms with Crippen molar-refractivity contribution in [2.45, 2.75) is 0 Å². The summed E-state index contributed by atoms with van der Waals surface area (Å²) in [6.07, 6.45) is 3.20. The van der Waals surface area contributed by atoms with Crippen LogP contribution in [0.1, 0.15) is 10.6 Å². The lowest BCUT2D eigenvalue weighted by Crippen LogP contribution is -2.37. The van der Waals surface area contributed by atoms with Crippen LogP contribution in [0, 0.1) is 0 Å². The fourth-order valence-electron chi connectivity index (χ4n) is 1.87. The highest BCUT2D eigenvalue weighted by molar-refractivity contribution is 6.05. The number of pyridine rings is 1. The quantitative estimate of drug-likeness (QED) is 0.806. The van der Waals surface area contributed by atoms with Gasteiger partial charge in [-0.1, -0.05) is 0 Å². The summed E-state index contributed by atoms with van der Waals surface area (Å²) in [5.74, 6) is 0.714. The summed E-state index contributed by atoms with van der Waals surface area (Å²) in [5.41, 5.74) is 0.620. The molecule has 0 N–H and O–H groups in total. The molecule has 0 aromatic carbocycles. The summed E-state index contributed by atoms with van der Waals surface area (Å²) in [6, 6.07) is 3.17. The zero-order valence-corrected chi connectivity index (χ0v) is 10.2. The number of hydrogen-bond donors (Lipinski definition) is 0. The van der Waals surface area contributed by atoms with Crippen LogP contribution in [-0.2, 0) is 0 Å². The molecule has 1 aliphatic rings. The second-order valence-electron chi connectivity index (χ2n) is 3.88. The molecule has 0 atom stereocenters. The lowest BCUT2D eigenvalue weighted by Gasteiger charge is -2.27. The second-order valence-corrected chi connectivity index (χ2v) is 3.88. The Morgan fingerprint density at radius 2 is 2.42 bits per heavy atom. The predicted octanol–water partition coefficient (Wildman–Crippen LogP) is 1.12. The Balaban J connectivity index is 1.93. The van der Waals surface area contributed by atoms with Crippen LogP contribution in [0.15, 0.2) is 29.0 Å². The summed E-state index contributed by atoms with van der Waals surface area (Å²) < 4.78 is 15.3. The highest BCUT2D eigenvalue weighted by atomic mass is 16.5. The normalized spacial score (nSPS) is 13.6. The molecular formula is C12H11N3O4. The minimum Gasteiger partial charge on any atom is -0.489 e. The standard InChI is InChI=1S/C12H11N3O4/c1-17-11-6-10(19-14-11)12(16)15-4-5-18-9-2-3-13-7-8(9)15/h2-3,6-7H,4-5H2,1H3. The summed E-state index contributed by atoms with van der Waals surface area (Å²) in [7, 11) is 1.46. The van der Waals surface area contributed by atoms with Crippen LogP contribution in [0.4, 0.5) is 5.69 Å². The van der Waals surface area contributed by atoms with Gasteiger partial charge in [0.1, 0.15) is 18.0 Å². The number of carbonyl (C=O) groups excluding carboxylic acids is 1. The average Bonchev–Trinajstić information content (AvgIpc) is 2.95. The molecule has 2 aromatic rings. The molecule has 0 radical (unpaired) electrons. The van der Waals surface area contributed by atoms with Crippen molar-refractivity contribution in [2.24, 2.45) is 0 Å². The van der Waals surface area contributed by atoms with E-state index in [1.807, 2.05) is 0 Å². The van der Waals surface area contributed by atoms with E-state index in [1.54, 1.807) is 23.4 Å². The van der Waals surface area contributed by atoms with Crippen LogP contribution in [0.25, 0.3) is 0 Å². The number of anilines is 1. The van der Waals surface area contributed by atoms with Crippen LogP contribution in [-0.4, -0.2) is 36.3 Å². The number of methoxy groups -OCH3 is 1. The first-order valence-corrected chi connectivity index (χ1v) is 5.69. The first-order chi connectivity index (χ1) is 9.29. The number of fused-ring (bicyclic) bond motifs is 1. The van der Waals surface area contributed by atoms with Gasteiger partial charge in [0.05, 0.1) is 25.9 Å². The Labute approximate surface area is 108 Å². The lowest BCUT2D eigenvalue weighted by molar-refractivity contribution is 0.0940. The van der Waals surface area contributed by atoms with E-state index in [0.717, 1.165) is 0 Å². The molecule has 0 aliphatic carbocycles. The molecule has 7 heteroatoms. The third-order valence-corrected chi connectivity index (χ3v) is 2.78. The van der Waals surface area contributed by atoms with Crippen molar-refractivity contribution in [3.8, 4) is 11.6 Å². The number of carbonyl (C=O) groups is 1. The summed E-state index contributed by atoms with van der Waals surface area (Å²) in [4.78, 5) is 17.9. The van der Waals surface area contributed by atoms with Gasteiger partial charge in [0.15, 0.2) is 0 Å². The van der Waals surface area contributed by atoms with Gasteiger partial charge in [-0.05, 0) is 5.16 Å². The fraction of sp³-hybridized carbons (Fsp3) is 0.250. The zero-order valence-electron chi connectivity index (χ0n) is 10.2. The van der Waals surface area contributed by atoms with Crippen molar-refractivity contribution in [2.75, 3.05) is 25.2 Å². The third-order valence-electron chi connectivity index (χ3n) is 2.78. The van der Waals surface area contributed by atoms with Gasteiger partial charge in [-0.15, -0.1) is 0 Å². The van der Waals surface area contributed by atoms with Crippen LogP contribution in [0.5, 0.6) is 11.6 Å². The van der Waals surface area contributed by atoms with Crippen molar-refractivity contribution >= 4 is 11.6 Å². The fourth-order valence-corrected chi connectivity index (χ4v) is 1.87. The van der Waals surface area contributed by atoms with Crippen LogP contribution in [0.3, 0.4) is 0 Å². The third kappa shape index (κ3) is 1.99. The first-order valence-electron chi connectivity index (χ1n) is 5.69. The topological polar surface area (TPSA) is 77.7 Å². The zero-order chi connectivity index (χ0) is 13.2. The van der Waals surface area contributed by atoms with Crippen molar-refractivity contribution in [1.29, 1.82) is 0 Å². The van der Waals surface area contributed by atoms with E-state index in [9.17, 15) is 4.79 Å². The van der Waals surface area contributed by atoms with E-state index in [2.05, 4.69) is 10.1 Å². The molecular weight excluding hydrogens is 250 g/mol. The molecule has 3 rings (SSSR count). The van der Waals surface area contributed by atoms with E-state index < -0.39 is 0 Å². The summed E-state index contributed by atoms with van der Waals surface area (Å²) >= 11 is 0. The SMILES string of the molecule is COc1cc(C(=O)N2CCOc3ccncc32)on1. The van der Waals surface area contributed by atoms with E-state index in [0.29, 0.717) is 24.6 Å². The Bertz CT molecular complexity index is 611. The van der Waals surface area contributed by atoms with Crippen LogP contribution < -0.4 is 14.4 Å². The molecule has 1 aliphatic heterocycles. The van der Waals surface area contributed by atoms with Crippen molar-refractivity contribution in [3.05, 3.63) is 30.3 Å². The molecule has 2 aromatic heterocycles. The molecule has 98 valence electrons. The maximum Gasteiger partial charge on any atom is 0.297 e. The number of aromatic nitrogens is 2. The van der Waals surface area contributed by atoms with Gasteiger partial charge >= 0.3 is 0 Å². The maximum absolute atomic E-state index is 12.3. The van der Waals surface area contributed by atoms with E-state index >= 15 is 0 Å². The average molecular weight is 261 g/mol. The molecule has 0 bridgehead atoms. The van der Waals surface area contributed by atoms with Crippen LogP contribution >= 0.6 is 0 Å². The summed E-state index contributed by atoms with van der Waals surface area (Å²) in [6.45, 7) is 0.856. The molecule has 3 heterocycles. The molecule has 0 fully saturated rings. The Morgan fingerprint density at radius 1 is 1.53 bits per heavy atom. The van der Waals surface area contributed by atoms with Gasteiger partial charge in [-0.3, -0.25) is 14.7 Å². The molecule has 0 saturated carbocycles. The highest BCUT2D eigenvalue weighted by Gasteiger charge is 2.27. The Morgan fingerprint density at radius 3 is 3.21 bits per heavy atom. The van der Waals surface area contributed by atoms with Gasteiger partial charge < -0.3 is 14.0 Å². The lowest BCUT2D eigenvalue weighted by atomic mass is 10.2. The number of hydrogen-bond acceptors (Lipinski definition) is 6. The van der Waals surface area contributed by atoms with E-state index in [4.69, 9.17) is 14.0 Å². The molecule has 0 unspecified atom stereocenters. The van der Waals surface area contributed by atoms with Crippen molar-refractivity contribution in [1.82, 2.24) is 10.1 Å². The molecule has 19 heavy (non-hydrogen) atoms. The number of rotatable bonds is 2. The van der Waals surface area contributed by atoms with Crippen LogP contribution in [0.2, 0.25) is 0 Å². The van der Waals surface area contributed by atoms with Gasteiger partial charge in [-0.2, -0.15) is 0 Å². The number of ether oxygens (including phenoxy) is 2. The monoisotopic (exact) mass is 261 g/mol. The predicted molar refractivity (Wildman–Crippen MR) is 64.5 cm³/mol. The van der Waals surface area contributed by atoms with Gasteiger partial charge in [0, 0.05) is 12.3 Å². The molecule has 0 saturated heterocycles. The first kappa shape index (κ1) is 11.5. The largest absolute Gasteiger partial charge is 0.489 e. The smallest absolute Gasteiger partial charge is 0.297 e. The Kier molecular flexibility index (Phi) is 2.79. The van der Waals surface area contributed by atoms with Gasteiger partial charge in [0.2, 0.25) is 5.76 Å². The number of nitrogens with zero attached hydrogens (tertiary/aromatic N) is 3. The molecule has 0 spiro atoms. The van der Waals surface area contributed by atoms with Crippen molar-refractivity contribution in [3.63, 3.8) is 0 Å². The minimum atomic E-state index is -0.298. The van der Waals surface area contributed by atoms with Crippen molar-refractivity contribution < 1.29 is 18.8 Å².